The average Bonchev–Trinajstić information content (AvgIpc) is 2.19. The third-order valence-corrected chi connectivity index (χ3v) is 2.80. The van der Waals surface area contributed by atoms with E-state index in [0.29, 0.717) is 0 Å². The minimum atomic E-state index is -0.554. The number of hydrogen-bond donors (Lipinski definition) is 2. The highest BCUT2D eigenvalue weighted by molar-refractivity contribution is 5.33. The first-order valence-corrected chi connectivity index (χ1v) is 4.59. The Labute approximate surface area is 77.6 Å². The molecule has 13 heavy (non-hydrogen) atoms. The smallest absolute Gasteiger partial charge is 0.0662 e. The monoisotopic (exact) mass is 178 g/mol. The van der Waals surface area contributed by atoms with E-state index in [1.54, 1.807) is 12.4 Å². The van der Waals surface area contributed by atoms with Crippen molar-refractivity contribution in [3.63, 3.8) is 0 Å². The van der Waals surface area contributed by atoms with E-state index in [1.165, 1.54) is 5.56 Å². The number of aromatic nitrogens is 1. The molecule has 2 rings (SSSR count). The van der Waals surface area contributed by atoms with E-state index >= 15 is 0 Å². The first-order chi connectivity index (χ1) is 6.26. The van der Waals surface area contributed by atoms with Crippen molar-refractivity contribution in [2.75, 3.05) is 6.61 Å². The second kappa shape index (κ2) is 3.09. The second-order valence-corrected chi connectivity index (χ2v) is 3.70. The second-order valence-electron chi connectivity index (χ2n) is 3.70. The highest BCUT2D eigenvalue weighted by atomic mass is 16.3. The maximum absolute atomic E-state index is 9.24. The van der Waals surface area contributed by atoms with Crippen molar-refractivity contribution < 1.29 is 5.11 Å². The normalized spacial score (nSPS) is 26.9. The molecule has 0 amide bonds. The molecule has 0 aromatic carbocycles. The van der Waals surface area contributed by atoms with Gasteiger partial charge in [-0.25, -0.2) is 0 Å². The van der Waals surface area contributed by atoms with Crippen molar-refractivity contribution in [3.05, 3.63) is 29.6 Å². The minimum Gasteiger partial charge on any atom is -0.394 e. The molecule has 3 heteroatoms. The van der Waals surface area contributed by atoms with Crippen molar-refractivity contribution in [2.45, 2.75) is 24.8 Å². The fraction of sp³-hybridized carbons (Fsp3) is 0.500. The highest BCUT2D eigenvalue weighted by Crippen LogP contribution is 2.31. The molecular weight excluding hydrogens is 164 g/mol. The molecule has 1 aliphatic rings. The minimum absolute atomic E-state index is 0.00565. The zero-order chi connectivity index (χ0) is 9.31. The van der Waals surface area contributed by atoms with E-state index in [-0.39, 0.29) is 6.61 Å². The van der Waals surface area contributed by atoms with Gasteiger partial charge in [0.05, 0.1) is 12.1 Å². The molecule has 1 aromatic rings. The number of nitrogens with two attached hydrogens (primary N) is 1. The summed E-state index contributed by atoms with van der Waals surface area (Å²) in [5, 5.41) is 9.24. The molecule has 70 valence electrons. The molecule has 0 saturated heterocycles. The molecule has 0 radical (unpaired) electrons. The van der Waals surface area contributed by atoms with Crippen LogP contribution in [0.25, 0.3) is 0 Å². The number of fused-ring (bicyclic) bond motifs is 1. The fourth-order valence-electron chi connectivity index (χ4n) is 1.98. The van der Waals surface area contributed by atoms with Gasteiger partial charge in [0.25, 0.3) is 0 Å². The fourth-order valence-corrected chi connectivity index (χ4v) is 1.98. The van der Waals surface area contributed by atoms with Crippen LogP contribution in [-0.2, 0) is 12.0 Å². The predicted octanol–water partition coefficient (Wildman–Crippen LogP) is 0.564. The Morgan fingerprint density at radius 1 is 1.62 bits per heavy atom. The van der Waals surface area contributed by atoms with Gasteiger partial charge >= 0.3 is 0 Å². The van der Waals surface area contributed by atoms with Crippen LogP contribution in [0.1, 0.15) is 24.0 Å². The lowest BCUT2D eigenvalue weighted by molar-refractivity contribution is 0.178. The Bertz CT molecular complexity index is 314. The van der Waals surface area contributed by atoms with Crippen LogP contribution >= 0.6 is 0 Å². The molecule has 0 saturated carbocycles. The van der Waals surface area contributed by atoms with Crippen molar-refractivity contribution in [3.8, 4) is 0 Å². The summed E-state index contributed by atoms with van der Waals surface area (Å²) in [6.45, 7) is 0.00565. The number of aliphatic hydroxyl groups is 1. The van der Waals surface area contributed by atoms with Gasteiger partial charge in [-0.15, -0.1) is 0 Å². The molecular formula is C10H14N2O. The molecule has 1 aromatic heterocycles. The van der Waals surface area contributed by atoms with Gasteiger partial charge in [0.2, 0.25) is 0 Å². The van der Waals surface area contributed by atoms with E-state index in [9.17, 15) is 5.11 Å². The topological polar surface area (TPSA) is 59.1 Å². The number of hydrogen-bond acceptors (Lipinski definition) is 3. The number of rotatable bonds is 1. The Morgan fingerprint density at radius 2 is 2.46 bits per heavy atom. The van der Waals surface area contributed by atoms with E-state index in [1.807, 2.05) is 6.07 Å². The molecule has 0 aliphatic heterocycles. The van der Waals surface area contributed by atoms with Crippen molar-refractivity contribution >= 4 is 0 Å². The Kier molecular flexibility index (Phi) is 2.06. The molecule has 1 aliphatic carbocycles. The lowest BCUT2D eigenvalue weighted by Gasteiger charge is -2.33. The number of aliphatic hydroxyl groups excluding tert-OH is 1. The van der Waals surface area contributed by atoms with Crippen LogP contribution in [0.4, 0.5) is 0 Å². The third kappa shape index (κ3) is 1.34. The van der Waals surface area contributed by atoms with E-state index in [0.717, 1.165) is 24.8 Å². The summed E-state index contributed by atoms with van der Waals surface area (Å²) in [4.78, 5) is 4.05. The van der Waals surface area contributed by atoms with Crippen molar-refractivity contribution in [1.29, 1.82) is 0 Å². The van der Waals surface area contributed by atoms with Crippen LogP contribution < -0.4 is 5.73 Å². The SMILES string of the molecule is NC1(CO)CCCc2ccncc21. The molecule has 0 spiro atoms. The van der Waals surface area contributed by atoms with Crippen LogP contribution in [0.3, 0.4) is 0 Å². The Morgan fingerprint density at radius 3 is 3.23 bits per heavy atom. The summed E-state index contributed by atoms with van der Waals surface area (Å²) < 4.78 is 0. The zero-order valence-electron chi connectivity index (χ0n) is 7.53. The van der Waals surface area contributed by atoms with Gasteiger partial charge in [0, 0.05) is 12.4 Å². The van der Waals surface area contributed by atoms with E-state index in [4.69, 9.17) is 5.73 Å². The average molecular weight is 178 g/mol. The van der Waals surface area contributed by atoms with E-state index in [2.05, 4.69) is 4.98 Å². The first kappa shape index (κ1) is 8.66. The number of nitrogens with zero attached hydrogens (tertiary/aromatic N) is 1. The molecule has 0 bridgehead atoms. The van der Waals surface area contributed by atoms with Gasteiger partial charge in [0.1, 0.15) is 0 Å². The zero-order valence-corrected chi connectivity index (χ0v) is 7.53. The molecule has 0 fully saturated rings. The van der Waals surface area contributed by atoms with Crippen LogP contribution in [0, 0.1) is 0 Å². The summed E-state index contributed by atoms with van der Waals surface area (Å²) in [7, 11) is 0. The van der Waals surface area contributed by atoms with Gasteiger partial charge in [-0.1, -0.05) is 0 Å². The highest BCUT2D eigenvalue weighted by Gasteiger charge is 2.31. The number of aryl methyl sites for hydroxylation is 1. The summed E-state index contributed by atoms with van der Waals surface area (Å²) >= 11 is 0. The van der Waals surface area contributed by atoms with Crippen LogP contribution in [0.5, 0.6) is 0 Å². The van der Waals surface area contributed by atoms with Crippen LogP contribution in [-0.4, -0.2) is 16.7 Å². The lowest BCUT2D eigenvalue weighted by Crippen LogP contribution is -2.43. The Hall–Kier alpha value is -0.930. The van der Waals surface area contributed by atoms with Gasteiger partial charge in [-0.3, -0.25) is 4.98 Å². The van der Waals surface area contributed by atoms with Gasteiger partial charge < -0.3 is 10.8 Å². The maximum atomic E-state index is 9.24. The summed E-state index contributed by atoms with van der Waals surface area (Å²) in [5.41, 5.74) is 7.78. The van der Waals surface area contributed by atoms with Gasteiger partial charge in [-0.2, -0.15) is 0 Å². The maximum Gasteiger partial charge on any atom is 0.0662 e. The quantitative estimate of drug-likeness (QED) is 0.660. The largest absolute Gasteiger partial charge is 0.394 e. The molecule has 1 unspecified atom stereocenters. The lowest BCUT2D eigenvalue weighted by atomic mass is 9.79. The number of pyridine rings is 1. The summed E-state index contributed by atoms with van der Waals surface area (Å²) in [5.74, 6) is 0. The van der Waals surface area contributed by atoms with Crippen molar-refractivity contribution in [2.24, 2.45) is 5.73 Å². The van der Waals surface area contributed by atoms with Crippen LogP contribution in [0.2, 0.25) is 0 Å². The van der Waals surface area contributed by atoms with E-state index < -0.39 is 5.54 Å². The summed E-state index contributed by atoms with van der Waals surface area (Å²) in [6.07, 6.45) is 6.51. The Balaban J connectivity index is 2.48. The van der Waals surface area contributed by atoms with Gasteiger partial charge in [-0.05, 0) is 36.5 Å². The standard InChI is InChI=1S/C10H14N2O/c11-10(7-13)4-1-2-8-3-5-12-6-9(8)10/h3,5-6,13H,1-2,4,7,11H2. The summed E-state index contributed by atoms with van der Waals surface area (Å²) in [6, 6.07) is 1.99. The predicted molar refractivity (Wildman–Crippen MR) is 50.1 cm³/mol. The first-order valence-electron chi connectivity index (χ1n) is 4.59. The van der Waals surface area contributed by atoms with Gasteiger partial charge in [0.15, 0.2) is 0 Å². The molecule has 1 atom stereocenters. The molecule has 1 heterocycles. The van der Waals surface area contributed by atoms with Crippen molar-refractivity contribution in [1.82, 2.24) is 4.98 Å². The third-order valence-electron chi connectivity index (χ3n) is 2.80. The molecule has 3 nitrogen and oxygen atoms in total. The van der Waals surface area contributed by atoms with Crippen LogP contribution in [0.15, 0.2) is 18.5 Å². The molecule has 3 N–H and O–H groups in total.